The highest BCUT2D eigenvalue weighted by Crippen LogP contribution is 2.45. The largest absolute Gasteiger partial charge is 0.463 e. The van der Waals surface area contributed by atoms with Gasteiger partial charge in [-0.1, -0.05) is 39.0 Å². The number of benzene rings is 1. The van der Waals surface area contributed by atoms with Gasteiger partial charge in [-0.3, -0.25) is 0 Å². The van der Waals surface area contributed by atoms with Gasteiger partial charge in [0, 0.05) is 19.4 Å². The van der Waals surface area contributed by atoms with Crippen molar-refractivity contribution in [1.29, 1.82) is 0 Å². The van der Waals surface area contributed by atoms with Crippen molar-refractivity contribution < 1.29 is 13.9 Å². The molecule has 0 aromatic heterocycles. The monoisotopic (exact) mass is 308 g/mol. The number of hydrogen-bond acceptors (Lipinski definition) is 3. The molecule has 1 aliphatic rings. The summed E-state index contributed by atoms with van der Waals surface area (Å²) < 4.78 is 18.6. The van der Waals surface area contributed by atoms with E-state index in [-0.39, 0.29) is 17.6 Å². The molecule has 4 heteroatoms. The molecule has 1 unspecified atom stereocenters. The van der Waals surface area contributed by atoms with Crippen LogP contribution in [0.25, 0.3) is 0 Å². The molecule has 2 atom stereocenters. The molecule has 0 saturated carbocycles. The Morgan fingerprint density at radius 1 is 1.19 bits per heavy atom. The van der Waals surface area contributed by atoms with Crippen molar-refractivity contribution in [3.63, 3.8) is 0 Å². The summed E-state index contributed by atoms with van der Waals surface area (Å²) in [5.41, 5.74) is 1.09. The Bertz CT molecular complexity index is 491. The zero-order chi connectivity index (χ0) is 15.8. The van der Waals surface area contributed by atoms with Crippen LogP contribution >= 0.6 is 0 Å². The summed E-state index contributed by atoms with van der Waals surface area (Å²) in [6, 6.07) is 8.13. The van der Waals surface area contributed by atoms with Gasteiger partial charge in [0.25, 0.3) is 0 Å². The van der Waals surface area contributed by atoms with Gasteiger partial charge in [-0.25, -0.2) is 0 Å². The zero-order valence-electron chi connectivity index (χ0n) is 14.3. The summed E-state index contributed by atoms with van der Waals surface area (Å²) in [5.74, 6) is 0.270. The Balaban J connectivity index is 2.44. The topological polar surface area (TPSA) is 27.7 Å². The lowest BCUT2D eigenvalue weighted by molar-refractivity contribution is -0.236. The Morgan fingerprint density at radius 3 is 2.38 bits per heavy atom. The van der Waals surface area contributed by atoms with Crippen molar-refractivity contribution in [2.45, 2.75) is 65.7 Å². The van der Waals surface area contributed by atoms with Crippen LogP contribution in [-0.2, 0) is 9.16 Å². The second-order valence-corrected chi connectivity index (χ2v) is 9.92. The molecule has 0 amide bonds. The first-order valence-corrected chi connectivity index (χ1v) is 10.5. The molecule has 0 saturated heterocycles. The lowest BCUT2D eigenvalue weighted by Crippen LogP contribution is -2.46. The molecule has 21 heavy (non-hydrogen) atoms. The number of rotatable bonds is 3. The lowest BCUT2D eigenvalue weighted by atomic mass is 9.83. The van der Waals surface area contributed by atoms with Crippen LogP contribution in [0.1, 0.15) is 46.3 Å². The van der Waals surface area contributed by atoms with Crippen LogP contribution < -0.4 is 4.74 Å². The average molecular weight is 308 g/mol. The molecule has 1 heterocycles. The molecule has 1 aromatic rings. The predicted octanol–water partition coefficient (Wildman–Crippen LogP) is 4.29. The fourth-order valence-corrected chi connectivity index (χ4v) is 3.85. The van der Waals surface area contributed by atoms with Gasteiger partial charge in [0.2, 0.25) is 5.79 Å². The van der Waals surface area contributed by atoms with Gasteiger partial charge in [0.1, 0.15) is 11.9 Å². The van der Waals surface area contributed by atoms with Crippen LogP contribution in [0, 0.1) is 5.41 Å². The molecule has 1 aromatic carbocycles. The van der Waals surface area contributed by atoms with E-state index in [1.54, 1.807) is 0 Å². The molecular weight excluding hydrogens is 280 g/mol. The molecule has 0 bridgehead atoms. The van der Waals surface area contributed by atoms with E-state index >= 15 is 0 Å². The Morgan fingerprint density at radius 2 is 1.81 bits per heavy atom. The normalized spacial score (nSPS) is 22.6. The number of ether oxygens (including phenoxy) is 2. The molecule has 0 fully saturated rings. The standard InChI is InChI=1S/C17H28O3Si/c1-16(2,3)15(20-21(6)7)14-12-10-8-9-11-13(12)18-17(4,5)19-14/h8-11,14-15,21H,1-7H3/t14?,15-/m1/s1. The average Bonchev–Trinajstić information content (AvgIpc) is 2.32. The van der Waals surface area contributed by atoms with E-state index in [2.05, 4.69) is 39.9 Å². The summed E-state index contributed by atoms with van der Waals surface area (Å²) in [5, 5.41) is 0. The zero-order valence-corrected chi connectivity index (χ0v) is 15.4. The van der Waals surface area contributed by atoms with Crippen molar-refractivity contribution in [3.05, 3.63) is 29.8 Å². The van der Waals surface area contributed by atoms with Crippen LogP contribution in [0.4, 0.5) is 0 Å². The van der Waals surface area contributed by atoms with Gasteiger partial charge in [0.15, 0.2) is 9.04 Å². The van der Waals surface area contributed by atoms with E-state index in [1.165, 1.54) is 0 Å². The van der Waals surface area contributed by atoms with Gasteiger partial charge in [-0.15, -0.1) is 0 Å². The van der Waals surface area contributed by atoms with Crippen LogP contribution in [0.15, 0.2) is 24.3 Å². The third-order valence-electron chi connectivity index (χ3n) is 3.54. The summed E-state index contributed by atoms with van der Waals surface area (Å²) in [4.78, 5) is 0. The third-order valence-corrected chi connectivity index (χ3v) is 4.38. The molecule has 2 rings (SSSR count). The van der Waals surface area contributed by atoms with E-state index in [0.29, 0.717) is 0 Å². The predicted molar refractivity (Wildman–Crippen MR) is 88.2 cm³/mol. The summed E-state index contributed by atoms with van der Waals surface area (Å²) in [7, 11) is -1.18. The maximum absolute atomic E-state index is 6.36. The smallest absolute Gasteiger partial charge is 0.205 e. The molecule has 0 spiro atoms. The maximum atomic E-state index is 6.36. The summed E-state index contributed by atoms with van der Waals surface area (Å²) >= 11 is 0. The first-order chi connectivity index (χ1) is 9.60. The minimum absolute atomic E-state index is 0.00245. The quantitative estimate of drug-likeness (QED) is 0.780. The van der Waals surface area contributed by atoms with Gasteiger partial charge in [0.05, 0.1) is 6.10 Å². The Kier molecular flexibility index (Phi) is 4.52. The molecule has 0 N–H and O–H groups in total. The van der Waals surface area contributed by atoms with Gasteiger partial charge >= 0.3 is 0 Å². The molecule has 0 radical (unpaired) electrons. The minimum atomic E-state index is -1.18. The molecule has 0 aliphatic carbocycles. The highest BCUT2D eigenvalue weighted by Gasteiger charge is 2.43. The van der Waals surface area contributed by atoms with E-state index in [0.717, 1.165) is 11.3 Å². The van der Waals surface area contributed by atoms with E-state index in [9.17, 15) is 0 Å². The van der Waals surface area contributed by atoms with E-state index < -0.39 is 14.8 Å². The first kappa shape index (κ1) is 16.5. The first-order valence-electron chi connectivity index (χ1n) is 7.71. The van der Waals surface area contributed by atoms with Crippen LogP contribution in [0.3, 0.4) is 0 Å². The van der Waals surface area contributed by atoms with E-state index in [4.69, 9.17) is 13.9 Å². The number of hydrogen-bond donors (Lipinski definition) is 0. The Labute approximate surface area is 130 Å². The van der Waals surface area contributed by atoms with Gasteiger partial charge in [-0.2, -0.15) is 0 Å². The molecular formula is C17H28O3Si. The van der Waals surface area contributed by atoms with Crippen molar-refractivity contribution in [2.24, 2.45) is 5.41 Å². The lowest BCUT2D eigenvalue weighted by Gasteiger charge is -2.45. The summed E-state index contributed by atoms with van der Waals surface area (Å²) in [6.07, 6.45) is -0.0756. The maximum Gasteiger partial charge on any atom is 0.205 e. The Hall–Kier alpha value is -0.843. The fraction of sp³-hybridized carbons (Fsp3) is 0.647. The van der Waals surface area contributed by atoms with Crippen molar-refractivity contribution in [2.75, 3.05) is 0 Å². The van der Waals surface area contributed by atoms with Crippen LogP contribution in [0.2, 0.25) is 13.1 Å². The second kappa shape index (κ2) is 5.74. The minimum Gasteiger partial charge on any atom is -0.463 e. The number of para-hydroxylation sites is 1. The highest BCUT2D eigenvalue weighted by atomic mass is 28.3. The fourth-order valence-electron chi connectivity index (χ4n) is 2.71. The van der Waals surface area contributed by atoms with Crippen molar-refractivity contribution in [3.8, 4) is 5.75 Å². The van der Waals surface area contributed by atoms with Gasteiger partial charge in [-0.05, 0) is 24.6 Å². The van der Waals surface area contributed by atoms with Crippen molar-refractivity contribution >= 4 is 9.04 Å². The third kappa shape index (κ3) is 3.87. The molecule has 3 nitrogen and oxygen atoms in total. The molecule has 118 valence electrons. The summed E-state index contributed by atoms with van der Waals surface area (Å²) in [6.45, 7) is 15.0. The number of fused-ring (bicyclic) bond motifs is 1. The second-order valence-electron chi connectivity index (χ2n) is 7.55. The van der Waals surface area contributed by atoms with Crippen LogP contribution in [-0.4, -0.2) is 20.9 Å². The SMILES string of the molecule is C[SiH](C)O[C@H](C1OC(C)(C)Oc2ccccc21)C(C)(C)C. The van der Waals surface area contributed by atoms with Gasteiger partial charge < -0.3 is 13.9 Å². The van der Waals surface area contributed by atoms with Crippen LogP contribution in [0.5, 0.6) is 5.75 Å². The van der Waals surface area contributed by atoms with Crippen molar-refractivity contribution in [1.82, 2.24) is 0 Å². The highest BCUT2D eigenvalue weighted by molar-refractivity contribution is 6.48. The van der Waals surface area contributed by atoms with E-state index in [1.807, 2.05) is 32.0 Å². The molecule has 1 aliphatic heterocycles.